The molecule has 0 bridgehead atoms. The molecule has 5 atom stereocenters. The van der Waals surface area contributed by atoms with Gasteiger partial charge in [0.15, 0.2) is 6.23 Å². The number of benzene rings is 2. The fourth-order valence-electron chi connectivity index (χ4n) is 7.40. The van der Waals surface area contributed by atoms with Gasteiger partial charge in [0.25, 0.3) is 11.2 Å². The molecular formula is C35H39N7O9. The lowest BCUT2D eigenvalue weighted by Crippen LogP contribution is -2.59. The predicted octanol–water partition coefficient (Wildman–Crippen LogP) is 3.17. The summed E-state index contributed by atoms with van der Waals surface area (Å²) < 4.78 is 33.2. The first-order valence-electron chi connectivity index (χ1n) is 16.6. The number of aromatic amines is 1. The number of non-ortho nitro benzene ring substituents is 1. The van der Waals surface area contributed by atoms with Gasteiger partial charge in [-0.1, -0.05) is 23.4 Å². The second kappa shape index (κ2) is 13.5. The van der Waals surface area contributed by atoms with Crippen molar-refractivity contribution in [3.63, 3.8) is 0 Å². The first-order valence-corrected chi connectivity index (χ1v) is 16.6. The van der Waals surface area contributed by atoms with Crippen LogP contribution in [0.3, 0.4) is 0 Å². The number of hydrogen-bond donors (Lipinski definition) is 1. The van der Waals surface area contributed by atoms with Crippen molar-refractivity contribution in [2.75, 3.05) is 32.3 Å². The highest BCUT2D eigenvalue weighted by atomic mass is 16.6. The molecule has 5 heterocycles. The monoisotopic (exact) mass is 701 g/mol. The number of ether oxygens (including phenoxy) is 5. The Morgan fingerprint density at radius 1 is 1.08 bits per heavy atom. The number of fused-ring (bicyclic) bond motifs is 2. The Kier molecular flexibility index (Phi) is 9.09. The van der Waals surface area contributed by atoms with Crippen molar-refractivity contribution in [2.24, 2.45) is 0 Å². The van der Waals surface area contributed by atoms with Crippen LogP contribution in [0.5, 0.6) is 5.75 Å². The number of hydrogen-bond acceptors (Lipinski definition) is 12. The number of nitrogens with zero attached hydrogens (tertiary/aromatic N) is 6. The topological polar surface area (TPSA) is 178 Å². The van der Waals surface area contributed by atoms with Crippen LogP contribution in [0.25, 0.3) is 6.08 Å². The molecular weight excluding hydrogens is 662 g/mol. The summed E-state index contributed by atoms with van der Waals surface area (Å²) in [5.74, 6) is 0.583. The third-order valence-corrected chi connectivity index (χ3v) is 9.92. The second-order valence-corrected chi connectivity index (χ2v) is 13.2. The highest BCUT2D eigenvalue weighted by molar-refractivity contribution is 5.73. The van der Waals surface area contributed by atoms with Gasteiger partial charge in [0.2, 0.25) is 5.72 Å². The number of aryl methyl sites for hydroxylation is 1. The van der Waals surface area contributed by atoms with Gasteiger partial charge in [-0.15, -0.1) is 5.10 Å². The molecule has 0 amide bonds. The molecule has 16 heteroatoms. The molecule has 4 aromatic rings. The Labute approximate surface area is 292 Å². The van der Waals surface area contributed by atoms with E-state index >= 15 is 0 Å². The number of nitro groups is 1. The van der Waals surface area contributed by atoms with Gasteiger partial charge in [-0.05, 0) is 50.1 Å². The molecule has 1 spiro atoms. The number of aromatic nitrogens is 5. The van der Waals surface area contributed by atoms with Crippen LogP contribution in [0, 0.1) is 10.1 Å². The maximum atomic E-state index is 12.6. The number of nitro benzene ring substituents is 1. The summed E-state index contributed by atoms with van der Waals surface area (Å²) in [5, 5.41) is 20.0. The number of para-hydroxylation sites is 1. The van der Waals surface area contributed by atoms with Crippen molar-refractivity contribution in [3.8, 4) is 5.75 Å². The Hall–Kier alpha value is -5.16. The lowest BCUT2D eigenvalue weighted by atomic mass is 9.76. The van der Waals surface area contributed by atoms with Gasteiger partial charge in [0, 0.05) is 63.0 Å². The Morgan fingerprint density at radius 3 is 2.67 bits per heavy atom. The van der Waals surface area contributed by atoms with Crippen molar-refractivity contribution in [1.29, 1.82) is 0 Å². The van der Waals surface area contributed by atoms with E-state index in [4.69, 9.17) is 23.7 Å². The summed E-state index contributed by atoms with van der Waals surface area (Å²) in [6.07, 6.45) is 5.09. The minimum absolute atomic E-state index is 0.0100. The smallest absolute Gasteiger partial charge is 0.330 e. The first kappa shape index (κ1) is 34.3. The molecule has 1 fully saturated rings. The number of methoxy groups -OCH3 is 2. The van der Waals surface area contributed by atoms with Crippen molar-refractivity contribution < 1.29 is 28.6 Å². The summed E-state index contributed by atoms with van der Waals surface area (Å²) in [6, 6.07) is 14.1. The maximum absolute atomic E-state index is 12.6. The van der Waals surface area contributed by atoms with Crippen molar-refractivity contribution in [3.05, 3.63) is 115 Å². The molecule has 51 heavy (non-hydrogen) atoms. The molecule has 3 aliphatic rings. The fourth-order valence-corrected chi connectivity index (χ4v) is 7.40. The van der Waals surface area contributed by atoms with Gasteiger partial charge in [-0.2, -0.15) is 0 Å². The number of H-pyrrole nitrogens is 1. The van der Waals surface area contributed by atoms with Gasteiger partial charge in [0.05, 0.1) is 29.7 Å². The van der Waals surface area contributed by atoms with Crippen LogP contribution in [-0.2, 0) is 37.5 Å². The quantitative estimate of drug-likeness (QED) is 0.169. The summed E-state index contributed by atoms with van der Waals surface area (Å²) in [5.41, 5.74) is 0.959. The van der Waals surface area contributed by atoms with Crippen LogP contribution in [0.15, 0.2) is 76.6 Å². The minimum atomic E-state index is -0.882. The third-order valence-electron chi connectivity index (χ3n) is 9.92. The molecule has 3 aliphatic heterocycles. The van der Waals surface area contributed by atoms with Crippen LogP contribution in [0.4, 0.5) is 11.4 Å². The summed E-state index contributed by atoms with van der Waals surface area (Å²) in [7, 11) is 3.07. The average Bonchev–Trinajstić information content (AvgIpc) is 3.76. The van der Waals surface area contributed by atoms with E-state index in [9.17, 15) is 19.7 Å². The second-order valence-electron chi connectivity index (χ2n) is 13.2. The summed E-state index contributed by atoms with van der Waals surface area (Å²) in [4.78, 5) is 39.8. The standard InChI is InChI=1S/C35H39N7O9/c1-34(2)25-8-5-6-9-26(25)41(35(34)14-12-22-18-24(42(45)46)10-11-27(22)51-35)16-7-15-39-19-23(37-38-39)20-49-31-30(48-4)28(21-47-3)50-32(31)40-17-13-29(43)36-33(40)44/h5-6,8-14,17-19,28,30-32H,7,15-16,20-21H2,1-4H3,(H,36,43,44)/t28-,30?,31?,32-,35?/m1/s1. The Morgan fingerprint density at radius 2 is 1.90 bits per heavy atom. The van der Waals surface area contributed by atoms with Crippen molar-refractivity contribution >= 4 is 17.5 Å². The lowest BCUT2D eigenvalue weighted by Gasteiger charge is -2.47. The summed E-state index contributed by atoms with van der Waals surface area (Å²) >= 11 is 0. The molecule has 2 aromatic carbocycles. The molecule has 1 N–H and O–H groups in total. The van der Waals surface area contributed by atoms with Crippen molar-refractivity contribution in [2.45, 2.75) is 69.1 Å². The summed E-state index contributed by atoms with van der Waals surface area (Å²) in [6.45, 7) is 5.73. The molecule has 0 saturated carbocycles. The van der Waals surface area contributed by atoms with Gasteiger partial charge in [-0.3, -0.25) is 29.1 Å². The van der Waals surface area contributed by atoms with E-state index in [1.807, 2.05) is 30.5 Å². The Balaban J connectivity index is 1.05. The van der Waals surface area contributed by atoms with Crippen molar-refractivity contribution in [1.82, 2.24) is 24.5 Å². The Bertz CT molecular complexity index is 2070. The average molecular weight is 702 g/mol. The van der Waals surface area contributed by atoms with Crippen LogP contribution in [0.2, 0.25) is 0 Å². The molecule has 2 aromatic heterocycles. The van der Waals surface area contributed by atoms with Crippen LogP contribution in [-0.4, -0.2) is 80.9 Å². The van der Waals surface area contributed by atoms with E-state index in [1.54, 1.807) is 17.9 Å². The van der Waals surface area contributed by atoms with Crippen LogP contribution < -0.4 is 20.9 Å². The molecule has 3 unspecified atom stereocenters. The molecule has 16 nitrogen and oxygen atoms in total. The highest BCUT2D eigenvalue weighted by Gasteiger charge is 2.58. The SMILES string of the molecule is COC[C@H]1O[C@@H](n2ccc(=O)[nH]c2=O)C(OCc2cn(CCCN3c4ccccc4C(C)(C)C34C=Cc3cc([N+](=O)[O-])ccc3O4)nn2)C1OC. The normalized spacial score (nSPS) is 24.4. The number of nitrogens with one attached hydrogen (secondary N) is 1. The maximum Gasteiger partial charge on any atom is 0.330 e. The zero-order valence-corrected chi connectivity index (χ0v) is 28.6. The molecule has 1 saturated heterocycles. The molecule has 0 radical (unpaired) electrons. The molecule has 7 rings (SSSR count). The van der Waals surface area contributed by atoms with Gasteiger partial charge < -0.3 is 28.6 Å². The van der Waals surface area contributed by atoms with E-state index in [1.165, 1.54) is 36.1 Å². The lowest BCUT2D eigenvalue weighted by molar-refractivity contribution is -0.384. The molecule has 268 valence electrons. The highest BCUT2D eigenvalue weighted by Crippen LogP contribution is 2.55. The van der Waals surface area contributed by atoms with Crippen LogP contribution >= 0.6 is 0 Å². The minimum Gasteiger partial charge on any atom is -0.463 e. The fraction of sp³-hybridized carbons (Fsp3) is 0.429. The zero-order chi connectivity index (χ0) is 35.9. The van der Waals surface area contributed by atoms with Gasteiger partial charge >= 0.3 is 5.69 Å². The predicted molar refractivity (Wildman–Crippen MR) is 183 cm³/mol. The number of rotatable bonds is 12. The van der Waals surface area contributed by atoms with Gasteiger partial charge in [-0.25, -0.2) is 4.79 Å². The van der Waals surface area contributed by atoms with E-state index in [0.29, 0.717) is 36.5 Å². The largest absolute Gasteiger partial charge is 0.463 e. The molecule has 0 aliphatic carbocycles. The van der Waals surface area contributed by atoms with E-state index in [0.717, 1.165) is 11.3 Å². The van der Waals surface area contributed by atoms with Crippen LogP contribution in [0.1, 0.15) is 43.3 Å². The van der Waals surface area contributed by atoms with E-state index in [-0.39, 0.29) is 18.9 Å². The van der Waals surface area contributed by atoms with Gasteiger partial charge in [0.1, 0.15) is 29.8 Å². The third kappa shape index (κ3) is 6.03. The van der Waals surface area contributed by atoms with E-state index in [2.05, 4.69) is 46.2 Å². The zero-order valence-electron chi connectivity index (χ0n) is 28.6. The number of anilines is 1. The first-order chi connectivity index (χ1) is 24.6. The van der Waals surface area contributed by atoms with E-state index < -0.39 is 51.9 Å².